The third-order valence-electron chi connectivity index (χ3n) is 15.3. The Kier molecular flexibility index (Phi) is 64.2. The Bertz CT molecular complexity index is 1390. The van der Waals surface area contributed by atoms with Crippen molar-refractivity contribution < 1.29 is 28.6 Å². The summed E-state index contributed by atoms with van der Waals surface area (Å²) < 4.78 is 17.0. The van der Waals surface area contributed by atoms with Gasteiger partial charge < -0.3 is 14.2 Å². The topological polar surface area (TPSA) is 78.9 Å². The lowest BCUT2D eigenvalue weighted by atomic mass is 10.0. The fourth-order valence-corrected chi connectivity index (χ4v) is 10.1. The zero-order valence-corrected chi connectivity index (χ0v) is 52.2. The highest BCUT2D eigenvalue weighted by Crippen LogP contribution is 2.18. The summed E-state index contributed by atoms with van der Waals surface area (Å²) in [5.41, 5.74) is 0. The van der Waals surface area contributed by atoms with E-state index in [4.69, 9.17) is 14.2 Å². The molecule has 1 atom stereocenters. The van der Waals surface area contributed by atoms with Crippen LogP contribution in [0.2, 0.25) is 0 Å². The van der Waals surface area contributed by atoms with E-state index in [0.717, 1.165) is 89.9 Å². The van der Waals surface area contributed by atoms with Crippen LogP contribution in [-0.4, -0.2) is 37.2 Å². The minimum absolute atomic E-state index is 0.0755. The van der Waals surface area contributed by atoms with Crippen molar-refractivity contribution in [2.45, 2.75) is 367 Å². The van der Waals surface area contributed by atoms with Crippen molar-refractivity contribution in [2.75, 3.05) is 13.2 Å². The Balaban J connectivity index is 4.34. The molecule has 0 aromatic heterocycles. The second-order valence-corrected chi connectivity index (χ2v) is 23.1. The number of unbranched alkanes of at least 4 members (excludes halogenated alkanes) is 42. The number of hydrogen-bond donors (Lipinski definition) is 0. The molecular weight excluding hydrogens is 961 g/mol. The van der Waals surface area contributed by atoms with E-state index < -0.39 is 6.10 Å². The molecule has 0 aliphatic carbocycles. The van der Waals surface area contributed by atoms with Gasteiger partial charge in [0.15, 0.2) is 6.10 Å². The van der Waals surface area contributed by atoms with Crippen molar-refractivity contribution in [2.24, 2.45) is 0 Å². The van der Waals surface area contributed by atoms with Crippen LogP contribution in [0.1, 0.15) is 361 Å². The van der Waals surface area contributed by atoms with E-state index >= 15 is 0 Å². The van der Waals surface area contributed by atoms with E-state index in [2.05, 4.69) is 81.5 Å². The van der Waals surface area contributed by atoms with Crippen molar-refractivity contribution in [1.29, 1.82) is 0 Å². The average molecular weight is 1090 g/mol. The summed E-state index contributed by atoms with van der Waals surface area (Å²) in [7, 11) is 0. The van der Waals surface area contributed by atoms with Crippen LogP contribution < -0.4 is 0 Å². The quantitative estimate of drug-likeness (QED) is 0.0261. The second-order valence-electron chi connectivity index (χ2n) is 23.1. The predicted octanol–water partition coefficient (Wildman–Crippen LogP) is 23.5. The molecule has 0 aliphatic rings. The molecule has 0 spiro atoms. The van der Waals surface area contributed by atoms with Gasteiger partial charge in [0.1, 0.15) is 13.2 Å². The van der Waals surface area contributed by atoms with Gasteiger partial charge in [-0.2, -0.15) is 0 Å². The summed E-state index contributed by atoms with van der Waals surface area (Å²) in [6.45, 7) is 6.57. The molecule has 0 rings (SSSR count). The molecule has 0 amide bonds. The molecule has 0 bridgehead atoms. The molecule has 454 valence electrons. The maximum Gasteiger partial charge on any atom is 0.306 e. The summed E-state index contributed by atoms with van der Waals surface area (Å²) in [4.78, 5) is 38.4. The first-order chi connectivity index (χ1) is 38.5. The molecule has 0 radical (unpaired) electrons. The van der Waals surface area contributed by atoms with E-state index in [1.54, 1.807) is 0 Å². The van der Waals surface area contributed by atoms with E-state index in [9.17, 15) is 14.4 Å². The molecule has 6 heteroatoms. The van der Waals surface area contributed by atoms with Crippen LogP contribution in [-0.2, 0) is 28.6 Å². The largest absolute Gasteiger partial charge is 0.462 e. The maximum absolute atomic E-state index is 12.9. The van der Waals surface area contributed by atoms with Crippen LogP contribution in [0, 0.1) is 0 Å². The van der Waals surface area contributed by atoms with Crippen molar-refractivity contribution in [3.8, 4) is 0 Å². The third-order valence-corrected chi connectivity index (χ3v) is 15.3. The highest BCUT2D eigenvalue weighted by molar-refractivity contribution is 5.71. The van der Waals surface area contributed by atoms with Crippen molar-refractivity contribution >= 4 is 17.9 Å². The average Bonchev–Trinajstić information content (AvgIpc) is 3.44. The van der Waals surface area contributed by atoms with Gasteiger partial charge in [-0.15, -0.1) is 0 Å². The standard InChI is InChI=1S/C72H130O6/c1-4-7-10-13-16-19-22-25-28-31-33-35-37-38-41-44-47-50-53-56-59-62-65-71(74)77-68-69(67-76-70(73)64-61-58-55-52-49-46-43-40-30-27-24-21-18-15-12-9-6-3)78-72(75)66-63-60-57-54-51-48-45-42-39-36-34-32-29-26-23-20-17-14-11-8-5-2/h9,12,18,21,23,26-27,30,32,34,69H,4-8,10-11,13-17,19-20,22,24-25,28-29,31,33,35-68H2,1-3H3/b12-9-,21-18-,26-23-,30-27-,34-32-. The fraction of sp³-hybridized carbons (Fsp3) is 0.819. The molecule has 0 N–H and O–H groups in total. The number of carbonyl (C=O) groups is 3. The van der Waals surface area contributed by atoms with E-state index in [1.807, 2.05) is 0 Å². The fourth-order valence-electron chi connectivity index (χ4n) is 10.1. The lowest BCUT2D eigenvalue weighted by Gasteiger charge is -2.18. The van der Waals surface area contributed by atoms with E-state index in [1.165, 1.54) is 231 Å². The Labute approximate surface area is 485 Å². The smallest absolute Gasteiger partial charge is 0.306 e. The maximum atomic E-state index is 12.9. The Morgan fingerprint density at radius 1 is 0.269 bits per heavy atom. The Morgan fingerprint density at radius 3 is 0.782 bits per heavy atom. The van der Waals surface area contributed by atoms with Crippen LogP contribution in [0.15, 0.2) is 60.8 Å². The molecule has 1 unspecified atom stereocenters. The summed E-state index contributed by atoms with van der Waals surface area (Å²) in [5.74, 6) is -0.867. The van der Waals surface area contributed by atoms with Crippen molar-refractivity contribution in [3.63, 3.8) is 0 Å². The molecule has 0 saturated heterocycles. The number of rotatable bonds is 63. The zero-order valence-electron chi connectivity index (χ0n) is 52.2. The van der Waals surface area contributed by atoms with Crippen LogP contribution in [0.4, 0.5) is 0 Å². The predicted molar refractivity (Wildman–Crippen MR) is 339 cm³/mol. The lowest BCUT2D eigenvalue weighted by molar-refractivity contribution is -0.167. The highest BCUT2D eigenvalue weighted by Gasteiger charge is 2.19. The number of allylic oxidation sites excluding steroid dienone is 10. The molecular formula is C72H130O6. The first-order valence-electron chi connectivity index (χ1n) is 34.3. The van der Waals surface area contributed by atoms with Crippen molar-refractivity contribution in [3.05, 3.63) is 60.8 Å². The van der Waals surface area contributed by atoms with Gasteiger partial charge in [0.25, 0.3) is 0 Å². The van der Waals surface area contributed by atoms with Gasteiger partial charge in [0.2, 0.25) is 0 Å². The number of ether oxygens (including phenoxy) is 3. The SMILES string of the molecule is CC/C=C\C/C=C\C/C=C\CCCCCCCCCC(=O)OCC(COC(=O)CCCCCCCCCCCCCCCCCCCCCCCC)OC(=O)CCCCCCCCCCC/C=C\C/C=C\CCCCCCC. The normalized spacial score (nSPS) is 12.4. The van der Waals surface area contributed by atoms with Crippen molar-refractivity contribution in [1.82, 2.24) is 0 Å². The van der Waals surface area contributed by atoms with Gasteiger partial charge in [0, 0.05) is 19.3 Å². The first-order valence-corrected chi connectivity index (χ1v) is 34.3. The summed E-state index contributed by atoms with van der Waals surface area (Å²) in [6.07, 6.45) is 85.2. The van der Waals surface area contributed by atoms with Crippen LogP contribution in [0.5, 0.6) is 0 Å². The van der Waals surface area contributed by atoms with Crippen LogP contribution in [0.3, 0.4) is 0 Å². The molecule has 0 fully saturated rings. The van der Waals surface area contributed by atoms with Gasteiger partial charge >= 0.3 is 17.9 Å². The minimum atomic E-state index is -0.781. The molecule has 0 saturated carbocycles. The van der Waals surface area contributed by atoms with Crippen LogP contribution in [0.25, 0.3) is 0 Å². The molecule has 0 aromatic rings. The Morgan fingerprint density at radius 2 is 0.500 bits per heavy atom. The molecule has 78 heavy (non-hydrogen) atoms. The minimum Gasteiger partial charge on any atom is -0.462 e. The number of hydrogen-bond acceptors (Lipinski definition) is 6. The molecule has 0 aromatic carbocycles. The Hall–Kier alpha value is -2.89. The molecule has 0 aliphatic heterocycles. The molecule has 6 nitrogen and oxygen atoms in total. The summed E-state index contributed by atoms with van der Waals surface area (Å²) in [6, 6.07) is 0. The van der Waals surface area contributed by atoms with E-state index in [0.29, 0.717) is 19.3 Å². The summed E-state index contributed by atoms with van der Waals surface area (Å²) in [5, 5.41) is 0. The monoisotopic (exact) mass is 1090 g/mol. The lowest BCUT2D eigenvalue weighted by Crippen LogP contribution is -2.30. The van der Waals surface area contributed by atoms with Gasteiger partial charge in [-0.25, -0.2) is 0 Å². The zero-order chi connectivity index (χ0) is 56.4. The first kappa shape index (κ1) is 75.1. The summed E-state index contributed by atoms with van der Waals surface area (Å²) >= 11 is 0. The number of carbonyl (C=O) groups excluding carboxylic acids is 3. The van der Waals surface area contributed by atoms with Gasteiger partial charge in [-0.05, 0) is 83.5 Å². The third kappa shape index (κ3) is 63.9. The second kappa shape index (κ2) is 66.6. The molecule has 0 heterocycles. The van der Waals surface area contributed by atoms with Gasteiger partial charge in [-0.1, -0.05) is 319 Å². The van der Waals surface area contributed by atoms with Gasteiger partial charge in [0.05, 0.1) is 0 Å². The number of esters is 3. The van der Waals surface area contributed by atoms with Crippen LogP contribution >= 0.6 is 0 Å². The highest BCUT2D eigenvalue weighted by atomic mass is 16.6. The van der Waals surface area contributed by atoms with Gasteiger partial charge in [-0.3, -0.25) is 14.4 Å². The van der Waals surface area contributed by atoms with E-state index in [-0.39, 0.29) is 31.1 Å².